The molecule has 1 aromatic carbocycles. The number of thiazole rings is 1. The van der Waals surface area contributed by atoms with Crippen molar-refractivity contribution in [3.05, 3.63) is 39.7 Å². The zero-order valence-electron chi connectivity index (χ0n) is 13.8. The Hall–Kier alpha value is -1.63. The average molecular weight is 392 g/mol. The van der Waals surface area contributed by atoms with Crippen LogP contribution in [0.5, 0.6) is 0 Å². The number of benzene rings is 1. The summed E-state index contributed by atoms with van der Waals surface area (Å²) in [6.45, 7) is 4.11. The molecule has 130 valence electrons. The van der Waals surface area contributed by atoms with Gasteiger partial charge in [0.15, 0.2) is 5.13 Å². The molecule has 7 heteroatoms. The van der Waals surface area contributed by atoms with Gasteiger partial charge >= 0.3 is 0 Å². The second-order valence-corrected chi connectivity index (χ2v) is 8.97. The quantitative estimate of drug-likeness (QED) is 0.635. The molecule has 0 atom stereocenters. The highest BCUT2D eigenvalue weighted by Crippen LogP contribution is 2.36. The molecule has 1 amide bonds. The lowest BCUT2D eigenvalue weighted by Crippen LogP contribution is -2.29. The Balaban J connectivity index is 1.53. The Bertz CT molecular complexity index is 896. The summed E-state index contributed by atoms with van der Waals surface area (Å²) in [7, 11) is 0. The summed E-state index contributed by atoms with van der Waals surface area (Å²) in [5.41, 5.74) is 2.66. The number of hydrogen-bond donors (Lipinski definition) is 1. The highest BCUT2D eigenvalue weighted by molar-refractivity contribution is 7.40. The second-order valence-electron chi connectivity index (χ2n) is 6.24. The van der Waals surface area contributed by atoms with E-state index in [0.29, 0.717) is 9.90 Å². The maximum absolute atomic E-state index is 12.5. The molecular formula is C18H18ClN3OS2. The number of carbonyl (C=O) groups is 1. The Morgan fingerprint density at radius 2 is 2.00 bits per heavy atom. The Kier molecular flexibility index (Phi) is 4.67. The van der Waals surface area contributed by atoms with Gasteiger partial charge in [-0.05, 0) is 56.0 Å². The van der Waals surface area contributed by atoms with Crippen LogP contribution in [0.15, 0.2) is 24.3 Å². The Labute approximate surface area is 159 Å². The lowest BCUT2D eigenvalue weighted by molar-refractivity contribution is 0.103. The largest absolute Gasteiger partial charge is 0.348 e. The number of aromatic nitrogens is 1. The van der Waals surface area contributed by atoms with Crippen LogP contribution in [0.3, 0.4) is 0 Å². The van der Waals surface area contributed by atoms with Gasteiger partial charge in [-0.1, -0.05) is 22.9 Å². The molecule has 0 unspecified atom stereocenters. The number of nitrogens with one attached hydrogen (secondary N) is 1. The number of anilines is 2. The fourth-order valence-electron chi connectivity index (χ4n) is 3.01. The third-order valence-corrected chi connectivity index (χ3v) is 6.95. The van der Waals surface area contributed by atoms with Crippen molar-refractivity contribution in [3.8, 4) is 0 Å². The minimum atomic E-state index is -0.0971. The van der Waals surface area contributed by atoms with Crippen LogP contribution in [0.4, 0.5) is 10.8 Å². The monoisotopic (exact) mass is 391 g/mol. The van der Waals surface area contributed by atoms with Crippen LogP contribution in [0.1, 0.15) is 34.5 Å². The minimum absolute atomic E-state index is 0.0971. The standard InChI is InChI=1S/C18H18ClN3OS2/c1-11-9-12(19)5-6-13(11)20-16(23)15-10-14-17(24-15)25-18(21-14)22-7-3-2-4-8-22/h5-6,9-10H,2-4,7-8H2,1H3,(H,20,23). The number of thiophene rings is 1. The summed E-state index contributed by atoms with van der Waals surface area (Å²) >= 11 is 9.17. The van der Waals surface area contributed by atoms with Gasteiger partial charge in [0.2, 0.25) is 0 Å². The lowest BCUT2D eigenvalue weighted by atomic mass is 10.1. The van der Waals surface area contributed by atoms with Gasteiger partial charge in [0.1, 0.15) is 4.01 Å². The summed E-state index contributed by atoms with van der Waals surface area (Å²) in [6, 6.07) is 7.35. The third kappa shape index (κ3) is 3.52. The third-order valence-electron chi connectivity index (χ3n) is 4.37. The predicted molar refractivity (Wildman–Crippen MR) is 108 cm³/mol. The second kappa shape index (κ2) is 6.94. The van der Waals surface area contributed by atoms with Crippen LogP contribution in [0.25, 0.3) is 9.53 Å². The van der Waals surface area contributed by atoms with E-state index < -0.39 is 0 Å². The van der Waals surface area contributed by atoms with Crippen molar-refractivity contribution in [2.45, 2.75) is 26.2 Å². The lowest BCUT2D eigenvalue weighted by Gasteiger charge is -2.25. The normalized spacial score (nSPS) is 14.9. The number of carbonyl (C=O) groups excluding carboxylic acids is 1. The van der Waals surface area contributed by atoms with Crippen molar-refractivity contribution in [2.75, 3.05) is 23.3 Å². The van der Waals surface area contributed by atoms with Crippen molar-refractivity contribution in [3.63, 3.8) is 0 Å². The minimum Gasteiger partial charge on any atom is -0.348 e. The number of rotatable bonds is 3. The molecule has 3 heterocycles. The first kappa shape index (κ1) is 16.8. The number of hydrogen-bond acceptors (Lipinski definition) is 5. The molecule has 0 saturated carbocycles. The summed E-state index contributed by atoms with van der Waals surface area (Å²) < 4.78 is 1.11. The van der Waals surface area contributed by atoms with Gasteiger partial charge in [-0.15, -0.1) is 11.3 Å². The molecule has 25 heavy (non-hydrogen) atoms. The number of amides is 1. The first-order valence-corrected chi connectivity index (χ1v) is 10.3. The Morgan fingerprint density at radius 3 is 2.72 bits per heavy atom. The number of piperidine rings is 1. The molecule has 4 rings (SSSR count). The van der Waals surface area contributed by atoms with E-state index in [0.717, 1.165) is 39.0 Å². The van der Waals surface area contributed by atoms with Crippen LogP contribution in [-0.2, 0) is 0 Å². The van der Waals surface area contributed by atoms with E-state index in [1.165, 1.54) is 30.6 Å². The molecule has 0 bridgehead atoms. The number of nitrogens with zero attached hydrogens (tertiary/aromatic N) is 2. The first-order valence-electron chi connectivity index (χ1n) is 8.33. The van der Waals surface area contributed by atoms with E-state index in [2.05, 4.69) is 10.2 Å². The van der Waals surface area contributed by atoms with Crippen LogP contribution < -0.4 is 10.2 Å². The van der Waals surface area contributed by atoms with Crippen molar-refractivity contribution < 1.29 is 4.79 Å². The van der Waals surface area contributed by atoms with E-state index in [9.17, 15) is 4.79 Å². The fraction of sp³-hybridized carbons (Fsp3) is 0.333. The molecular weight excluding hydrogens is 374 g/mol. The SMILES string of the molecule is Cc1cc(Cl)ccc1NC(=O)c1cc2nc(N3CCCCC3)sc2s1. The van der Waals surface area contributed by atoms with E-state index in [-0.39, 0.29) is 5.91 Å². The molecule has 1 fully saturated rings. The average Bonchev–Trinajstić information content (AvgIpc) is 3.17. The Morgan fingerprint density at radius 1 is 1.20 bits per heavy atom. The van der Waals surface area contributed by atoms with Crippen molar-refractivity contribution >= 4 is 60.5 Å². The molecule has 1 N–H and O–H groups in total. The summed E-state index contributed by atoms with van der Waals surface area (Å²) in [5.74, 6) is -0.0971. The van der Waals surface area contributed by atoms with Crippen molar-refractivity contribution in [1.82, 2.24) is 4.98 Å². The maximum Gasteiger partial charge on any atom is 0.265 e. The zero-order valence-corrected chi connectivity index (χ0v) is 16.2. The van der Waals surface area contributed by atoms with E-state index >= 15 is 0 Å². The summed E-state index contributed by atoms with van der Waals surface area (Å²) in [6.07, 6.45) is 3.79. The summed E-state index contributed by atoms with van der Waals surface area (Å²) in [5, 5.41) is 4.71. The van der Waals surface area contributed by atoms with Crippen molar-refractivity contribution in [1.29, 1.82) is 0 Å². The van der Waals surface area contributed by atoms with Crippen LogP contribution in [0, 0.1) is 6.92 Å². The van der Waals surface area contributed by atoms with Gasteiger partial charge < -0.3 is 10.2 Å². The highest BCUT2D eigenvalue weighted by Gasteiger charge is 2.19. The summed E-state index contributed by atoms with van der Waals surface area (Å²) in [4.78, 5) is 20.3. The van der Waals surface area contributed by atoms with Gasteiger partial charge in [0.05, 0.1) is 10.4 Å². The molecule has 0 spiro atoms. The molecule has 1 aliphatic rings. The van der Waals surface area contributed by atoms with Gasteiger partial charge in [-0.2, -0.15) is 0 Å². The van der Waals surface area contributed by atoms with Crippen LogP contribution >= 0.6 is 34.3 Å². The number of fused-ring (bicyclic) bond motifs is 1. The van der Waals surface area contributed by atoms with Crippen LogP contribution in [-0.4, -0.2) is 24.0 Å². The van der Waals surface area contributed by atoms with Gasteiger partial charge in [-0.25, -0.2) is 4.98 Å². The molecule has 4 nitrogen and oxygen atoms in total. The molecule has 0 radical (unpaired) electrons. The first-order chi connectivity index (χ1) is 12.1. The highest BCUT2D eigenvalue weighted by atomic mass is 35.5. The maximum atomic E-state index is 12.5. The van der Waals surface area contributed by atoms with Crippen LogP contribution in [0.2, 0.25) is 5.02 Å². The number of aryl methyl sites for hydroxylation is 1. The van der Waals surface area contributed by atoms with Gasteiger partial charge in [0, 0.05) is 23.8 Å². The van der Waals surface area contributed by atoms with E-state index in [1.807, 2.05) is 25.1 Å². The molecule has 2 aromatic heterocycles. The molecule has 1 aliphatic heterocycles. The molecule has 0 aliphatic carbocycles. The number of halogens is 1. The topological polar surface area (TPSA) is 45.2 Å². The van der Waals surface area contributed by atoms with Gasteiger partial charge in [-0.3, -0.25) is 4.79 Å². The molecule has 1 saturated heterocycles. The predicted octanol–water partition coefficient (Wildman–Crippen LogP) is 5.56. The van der Waals surface area contributed by atoms with Gasteiger partial charge in [0.25, 0.3) is 5.91 Å². The fourth-order valence-corrected chi connectivity index (χ4v) is 5.45. The zero-order chi connectivity index (χ0) is 17.4. The smallest absolute Gasteiger partial charge is 0.265 e. The van der Waals surface area contributed by atoms with E-state index in [4.69, 9.17) is 16.6 Å². The molecule has 3 aromatic rings. The van der Waals surface area contributed by atoms with Crippen molar-refractivity contribution in [2.24, 2.45) is 0 Å². The van der Waals surface area contributed by atoms with E-state index in [1.54, 1.807) is 17.4 Å².